The topological polar surface area (TPSA) is 84.2 Å². The highest BCUT2D eigenvalue weighted by molar-refractivity contribution is 5.58. The highest BCUT2D eigenvalue weighted by Crippen LogP contribution is 2.25. The summed E-state index contributed by atoms with van der Waals surface area (Å²) in [6, 6.07) is 0. The Bertz CT molecular complexity index is 444. The van der Waals surface area contributed by atoms with Gasteiger partial charge in [0.25, 0.3) is 6.43 Å². The lowest BCUT2D eigenvalue weighted by molar-refractivity contribution is -0.384. The van der Waals surface area contributed by atoms with Crippen LogP contribution in [0, 0.1) is 10.1 Å². The fourth-order valence-electron chi connectivity index (χ4n) is 1.39. The molecule has 0 bridgehead atoms. The first-order valence-electron chi connectivity index (χ1n) is 5.70. The predicted octanol–water partition coefficient (Wildman–Crippen LogP) is 1.91. The molecule has 0 spiro atoms. The minimum absolute atomic E-state index is 0.126. The summed E-state index contributed by atoms with van der Waals surface area (Å²) in [7, 11) is 1.32. The lowest BCUT2D eigenvalue weighted by atomic mass is 10.4. The lowest BCUT2D eigenvalue weighted by Gasteiger charge is -2.17. The number of hydrogen-bond acceptors (Lipinski definition) is 6. The highest BCUT2D eigenvalue weighted by atomic mass is 19.3. The molecular weight excluding hydrogens is 260 g/mol. The van der Waals surface area contributed by atoms with Crippen molar-refractivity contribution in [1.82, 2.24) is 9.97 Å². The number of halogens is 2. The molecule has 1 aromatic heterocycles. The average molecular weight is 275 g/mol. The van der Waals surface area contributed by atoms with Crippen LogP contribution in [-0.2, 0) is 0 Å². The van der Waals surface area contributed by atoms with E-state index in [0.717, 1.165) is 17.5 Å². The first kappa shape index (κ1) is 15.0. The number of nitro groups is 1. The smallest absolute Gasteiger partial charge is 0.329 e. The maximum atomic E-state index is 12.3. The zero-order chi connectivity index (χ0) is 14.4. The van der Waals surface area contributed by atoms with E-state index in [1.807, 2.05) is 6.92 Å². The Morgan fingerprint density at radius 3 is 2.79 bits per heavy atom. The van der Waals surface area contributed by atoms with Crippen LogP contribution < -0.4 is 10.2 Å². The maximum absolute atomic E-state index is 12.3. The molecule has 1 rings (SSSR count). The minimum Gasteiger partial charge on any atom is -0.354 e. The summed E-state index contributed by atoms with van der Waals surface area (Å²) >= 11 is 0. The summed E-state index contributed by atoms with van der Waals surface area (Å²) in [6.45, 7) is 1.89. The van der Waals surface area contributed by atoms with E-state index < -0.39 is 23.6 Å². The molecule has 0 aliphatic heterocycles. The number of nitrogens with one attached hydrogen (secondary N) is 1. The molecule has 0 aromatic carbocycles. The molecule has 1 aromatic rings. The second-order valence-corrected chi connectivity index (χ2v) is 3.86. The monoisotopic (exact) mass is 275 g/mol. The van der Waals surface area contributed by atoms with Crippen molar-refractivity contribution in [3.05, 3.63) is 16.3 Å². The molecule has 0 aliphatic rings. The number of aromatic nitrogens is 2. The van der Waals surface area contributed by atoms with Gasteiger partial charge in [-0.3, -0.25) is 10.1 Å². The van der Waals surface area contributed by atoms with Crippen molar-refractivity contribution >= 4 is 17.5 Å². The van der Waals surface area contributed by atoms with Gasteiger partial charge in [-0.15, -0.1) is 0 Å². The van der Waals surface area contributed by atoms with Crippen molar-refractivity contribution in [3.63, 3.8) is 0 Å². The SMILES string of the molecule is CCCNc1ncc([N+](=O)[O-])c(N(C)CC(F)F)n1. The summed E-state index contributed by atoms with van der Waals surface area (Å²) in [6.07, 6.45) is -0.767. The average Bonchev–Trinajstić information content (AvgIpc) is 2.35. The van der Waals surface area contributed by atoms with Gasteiger partial charge in [-0.25, -0.2) is 13.8 Å². The number of rotatable bonds is 7. The molecular formula is C10H15F2N5O2. The second-order valence-electron chi connectivity index (χ2n) is 3.86. The van der Waals surface area contributed by atoms with Crippen LogP contribution in [0.2, 0.25) is 0 Å². The van der Waals surface area contributed by atoms with E-state index in [4.69, 9.17) is 0 Å². The van der Waals surface area contributed by atoms with Crippen LogP contribution in [0.5, 0.6) is 0 Å². The molecule has 0 saturated heterocycles. The summed E-state index contributed by atoms with van der Waals surface area (Å²) in [5.74, 6) is 0.0578. The van der Waals surface area contributed by atoms with Crippen LogP contribution in [-0.4, -0.2) is 41.5 Å². The summed E-state index contributed by atoms with van der Waals surface area (Å²) in [5.41, 5.74) is -0.398. The first-order valence-corrected chi connectivity index (χ1v) is 5.70. The molecule has 1 heterocycles. The Morgan fingerprint density at radius 2 is 2.26 bits per heavy atom. The Morgan fingerprint density at radius 1 is 1.58 bits per heavy atom. The van der Waals surface area contributed by atoms with E-state index >= 15 is 0 Å². The van der Waals surface area contributed by atoms with Crippen molar-refractivity contribution < 1.29 is 13.7 Å². The van der Waals surface area contributed by atoms with E-state index in [2.05, 4.69) is 15.3 Å². The zero-order valence-corrected chi connectivity index (χ0v) is 10.6. The molecule has 106 valence electrons. The molecule has 0 unspecified atom stereocenters. The highest BCUT2D eigenvalue weighted by Gasteiger charge is 2.22. The third-order valence-electron chi connectivity index (χ3n) is 2.25. The third-order valence-corrected chi connectivity index (χ3v) is 2.25. The molecule has 0 aliphatic carbocycles. The fourth-order valence-corrected chi connectivity index (χ4v) is 1.39. The predicted molar refractivity (Wildman–Crippen MR) is 66.7 cm³/mol. The van der Waals surface area contributed by atoms with E-state index in [-0.39, 0.29) is 11.8 Å². The molecule has 1 N–H and O–H groups in total. The van der Waals surface area contributed by atoms with Gasteiger partial charge in [0.2, 0.25) is 11.8 Å². The summed E-state index contributed by atoms with van der Waals surface area (Å²) in [5, 5.41) is 13.7. The van der Waals surface area contributed by atoms with Gasteiger partial charge >= 0.3 is 5.69 Å². The lowest BCUT2D eigenvalue weighted by Crippen LogP contribution is -2.26. The minimum atomic E-state index is -2.60. The van der Waals surface area contributed by atoms with Crippen LogP contribution in [0.15, 0.2) is 6.20 Å². The quantitative estimate of drug-likeness (QED) is 0.604. The van der Waals surface area contributed by atoms with Gasteiger partial charge < -0.3 is 10.2 Å². The summed E-state index contributed by atoms with van der Waals surface area (Å²) < 4.78 is 24.7. The number of alkyl halides is 2. The second kappa shape index (κ2) is 6.76. The Hall–Kier alpha value is -2.06. The van der Waals surface area contributed by atoms with E-state index in [0.29, 0.717) is 6.54 Å². The van der Waals surface area contributed by atoms with Crippen LogP contribution in [0.1, 0.15) is 13.3 Å². The fraction of sp³-hybridized carbons (Fsp3) is 0.600. The van der Waals surface area contributed by atoms with Gasteiger partial charge in [0.05, 0.1) is 11.5 Å². The summed E-state index contributed by atoms with van der Waals surface area (Å²) in [4.78, 5) is 18.9. The van der Waals surface area contributed by atoms with Gasteiger partial charge in [0.1, 0.15) is 6.20 Å². The van der Waals surface area contributed by atoms with Crippen molar-refractivity contribution in [2.45, 2.75) is 19.8 Å². The molecule has 0 saturated carbocycles. The van der Waals surface area contributed by atoms with Gasteiger partial charge in [-0.2, -0.15) is 4.98 Å². The molecule has 0 atom stereocenters. The number of hydrogen-bond donors (Lipinski definition) is 1. The van der Waals surface area contributed by atoms with Gasteiger partial charge in [-0.1, -0.05) is 6.92 Å². The third kappa shape index (κ3) is 4.27. The Balaban J connectivity index is 3.04. The Kier molecular flexibility index (Phi) is 5.34. The zero-order valence-electron chi connectivity index (χ0n) is 10.6. The van der Waals surface area contributed by atoms with Gasteiger partial charge in [0.15, 0.2) is 0 Å². The molecule has 0 amide bonds. The Labute approximate surface area is 108 Å². The van der Waals surface area contributed by atoms with Crippen LogP contribution in [0.25, 0.3) is 0 Å². The standard InChI is InChI=1S/C10H15F2N5O2/c1-3-4-13-10-14-5-7(17(18)19)9(15-10)16(2)6-8(11)12/h5,8H,3-4,6H2,1-2H3,(H,13,14,15). The molecule has 0 radical (unpaired) electrons. The van der Waals surface area contributed by atoms with Crippen molar-refractivity contribution in [1.29, 1.82) is 0 Å². The largest absolute Gasteiger partial charge is 0.354 e. The first-order chi connectivity index (χ1) is 8.95. The molecule has 19 heavy (non-hydrogen) atoms. The molecule has 9 heteroatoms. The van der Waals surface area contributed by atoms with Gasteiger partial charge in [0, 0.05) is 13.6 Å². The maximum Gasteiger partial charge on any atom is 0.329 e. The number of anilines is 2. The molecule has 0 fully saturated rings. The van der Waals surface area contributed by atoms with Crippen LogP contribution in [0.4, 0.5) is 26.2 Å². The van der Waals surface area contributed by atoms with Crippen LogP contribution >= 0.6 is 0 Å². The van der Waals surface area contributed by atoms with Crippen molar-refractivity contribution in [3.8, 4) is 0 Å². The van der Waals surface area contributed by atoms with E-state index in [9.17, 15) is 18.9 Å². The molecule has 7 nitrogen and oxygen atoms in total. The van der Waals surface area contributed by atoms with E-state index in [1.165, 1.54) is 7.05 Å². The van der Waals surface area contributed by atoms with Crippen molar-refractivity contribution in [2.24, 2.45) is 0 Å². The van der Waals surface area contributed by atoms with Crippen LogP contribution in [0.3, 0.4) is 0 Å². The van der Waals surface area contributed by atoms with E-state index in [1.54, 1.807) is 0 Å². The van der Waals surface area contributed by atoms with Crippen molar-refractivity contribution in [2.75, 3.05) is 30.4 Å². The normalized spacial score (nSPS) is 10.6. The number of nitrogens with zero attached hydrogens (tertiary/aromatic N) is 4. The van der Waals surface area contributed by atoms with Gasteiger partial charge in [-0.05, 0) is 6.42 Å².